The van der Waals surface area contributed by atoms with E-state index in [4.69, 9.17) is 17.3 Å². The van der Waals surface area contributed by atoms with Crippen molar-refractivity contribution in [3.63, 3.8) is 0 Å². The molecule has 0 atom stereocenters. The molecule has 100 valence electrons. The Bertz CT molecular complexity index is 409. The molecule has 1 aromatic carbocycles. The zero-order valence-electron chi connectivity index (χ0n) is 10.9. The second kappa shape index (κ2) is 7.24. The number of nitrogens with zero attached hydrogens (tertiary/aromatic N) is 1. The number of anilines is 2. The lowest BCUT2D eigenvalue weighted by Crippen LogP contribution is -2.30. The van der Waals surface area contributed by atoms with Gasteiger partial charge in [-0.15, -0.1) is 0 Å². The summed E-state index contributed by atoms with van der Waals surface area (Å²) in [6.45, 7) is 3.40. The van der Waals surface area contributed by atoms with Gasteiger partial charge in [0.1, 0.15) is 0 Å². The third-order valence-electron chi connectivity index (χ3n) is 2.57. The van der Waals surface area contributed by atoms with E-state index < -0.39 is 0 Å². The Labute approximate surface area is 113 Å². The maximum Gasteiger partial charge on any atom is 0.238 e. The lowest BCUT2D eigenvalue weighted by atomic mass is 10.3. The van der Waals surface area contributed by atoms with Gasteiger partial charge in [-0.1, -0.05) is 24.9 Å². The van der Waals surface area contributed by atoms with Gasteiger partial charge < -0.3 is 11.1 Å². The average molecular weight is 270 g/mol. The molecule has 0 saturated heterocycles. The number of hydrogen-bond donors (Lipinski definition) is 2. The van der Waals surface area contributed by atoms with Crippen LogP contribution in [-0.2, 0) is 4.79 Å². The van der Waals surface area contributed by atoms with E-state index >= 15 is 0 Å². The van der Waals surface area contributed by atoms with Gasteiger partial charge >= 0.3 is 0 Å². The minimum absolute atomic E-state index is 0.0692. The molecule has 0 aliphatic carbocycles. The Kier molecular flexibility index (Phi) is 5.95. The molecule has 18 heavy (non-hydrogen) atoms. The number of amides is 1. The van der Waals surface area contributed by atoms with Gasteiger partial charge in [0.25, 0.3) is 0 Å². The van der Waals surface area contributed by atoms with E-state index in [1.54, 1.807) is 18.2 Å². The van der Waals surface area contributed by atoms with Gasteiger partial charge in [-0.05, 0) is 38.2 Å². The van der Waals surface area contributed by atoms with Crippen LogP contribution >= 0.6 is 11.6 Å². The lowest BCUT2D eigenvalue weighted by molar-refractivity contribution is -0.117. The fourth-order valence-electron chi connectivity index (χ4n) is 1.57. The maximum atomic E-state index is 11.8. The number of hydrogen-bond acceptors (Lipinski definition) is 3. The second-order valence-corrected chi connectivity index (χ2v) is 4.79. The number of benzene rings is 1. The zero-order valence-corrected chi connectivity index (χ0v) is 11.6. The number of likely N-dealkylation sites (N-methyl/N-ethyl adjacent to an activating group) is 1. The first-order chi connectivity index (χ1) is 8.52. The normalized spacial score (nSPS) is 10.7. The van der Waals surface area contributed by atoms with Crippen molar-refractivity contribution in [1.29, 1.82) is 0 Å². The van der Waals surface area contributed by atoms with E-state index in [1.807, 2.05) is 11.9 Å². The van der Waals surface area contributed by atoms with E-state index in [2.05, 4.69) is 12.2 Å². The van der Waals surface area contributed by atoms with E-state index in [-0.39, 0.29) is 5.91 Å². The van der Waals surface area contributed by atoms with Crippen molar-refractivity contribution < 1.29 is 4.79 Å². The van der Waals surface area contributed by atoms with Gasteiger partial charge in [-0.3, -0.25) is 9.69 Å². The standard InChI is InChI=1S/C13H20ClN3O/c1-3-4-7-17(2)9-13(18)16-12-6-5-10(15)8-11(12)14/h5-6,8H,3-4,7,9,15H2,1-2H3,(H,16,18). The molecule has 5 heteroatoms. The van der Waals surface area contributed by atoms with Crippen LogP contribution in [0.25, 0.3) is 0 Å². The van der Waals surface area contributed by atoms with Crippen molar-refractivity contribution in [2.75, 3.05) is 31.2 Å². The van der Waals surface area contributed by atoms with Gasteiger partial charge in [0.05, 0.1) is 17.3 Å². The van der Waals surface area contributed by atoms with E-state index in [9.17, 15) is 4.79 Å². The quantitative estimate of drug-likeness (QED) is 0.781. The molecule has 0 saturated carbocycles. The molecule has 0 radical (unpaired) electrons. The van der Waals surface area contributed by atoms with Crippen LogP contribution in [0.1, 0.15) is 19.8 Å². The smallest absolute Gasteiger partial charge is 0.238 e. The SMILES string of the molecule is CCCCN(C)CC(=O)Nc1ccc(N)cc1Cl. The molecule has 1 amide bonds. The summed E-state index contributed by atoms with van der Waals surface area (Å²) in [5.41, 5.74) is 6.77. The summed E-state index contributed by atoms with van der Waals surface area (Å²) >= 11 is 5.99. The number of unbranched alkanes of at least 4 members (excludes halogenated alkanes) is 1. The summed E-state index contributed by atoms with van der Waals surface area (Å²) in [6, 6.07) is 5.04. The summed E-state index contributed by atoms with van der Waals surface area (Å²) in [4.78, 5) is 13.8. The molecule has 3 N–H and O–H groups in total. The zero-order chi connectivity index (χ0) is 13.5. The first-order valence-corrected chi connectivity index (χ1v) is 6.44. The highest BCUT2D eigenvalue weighted by Gasteiger charge is 2.08. The minimum Gasteiger partial charge on any atom is -0.399 e. The highest BCUT2D eigenvalue weighted by atomic mass is 35.5. The van der Waals surface area contributed by atoms with Crippen LogP contribution in [0.5, 0.6) is 0 Å². The average Bonchev–Trinajstić information content (AvgIpc) is 2.30. The number of nitrogens with one attached hydrogen (secondary N) is 1. The number of carbonyl (C=O) groups is 1. The summed E-state index contributed by atoms with van der Waals surface area (Å²) in [5.74, 6) is -0.0692. The number of halogens is 1. The molecule has 0 spiro atoms. The molecule has 0 unspecified atom stereocenters. The van der Waals surface area contributed by atoms with Crippen molar-refractivity contribution in [2.24, 2.45) is 0 Å². The number of rotatable bonds is 6. The van der Waals surface area contributed by atoms with Gasteiger partial charge in [-0.2, -0.15) is 0 Å². The van der Waals surface area contributed by atoms with Crippen molar-refractivity contribution in [1.82, 2.24) is 4.90 Å². The molecule has 1 rings (SSSR count). The summed E-state index contributed by atoms with van der Waals surface area (Å²) < 4.78 is 0. The molecule has 0 heterocycles. The van der Waals surface area contributed by atoms with Crippen LogP contribution in [0, 0.1) is 0 Å². The topological polar surface area (TPSA) is 58.4 Å². The number of nitrogens with two attached hydrogens (primary N) is 1. The van der Waals surface area contributed by atoms with Crippen LogP contribution in [0.4, 0.5) is 11.4 Å². The van der Waals surface area contributed by atoms with E-state index in [0.29, 0.717) is 22.9 Å². The van der Waals surface area contributed by atoms with Crippen molar-refractivity contribution in [3.05, 3.63) is 23.2 Å². The summed E-state index contributed by atoms with van der Waals surface area (Å²) in [5, 5.41) is 3.23. The molecular formula is C13H20ClN3O. The summed E-state index contributed by atoms with van der Waals surface area (Å²) in [7, 11) is 1.93. The van der Waals surface area contributed by atoms with Gasteiger partial charge in [0, 0.05) is 5.69 Å². The van der Waals surface area contributed by atoms with Crippen LogP contribution in [0.3, 0.4) is 0 Å². The fraction of sp³-hybridized carbons (Fsp3) is 0.462. The van der Waals surface area contributed by atoms with Crippen molar-refractivity contribution in [3.8, 4) is 0 Å². The van der Waals surface area contributed by atoms with Crippen LogP contribution in [-0.4, -0.2) is 30.9 Å². The second-order valence-electron chi connectivity index (χ2n) is 4.38. The monoisotopic (exact) mass is 269 g/mol. The molecule has 0 bridgehead atoms. The predicted octanol–water partition coefficient (Wildman–Crippen LogP) is 2.59. The molecule has 0 aliphatic heterocycles. The van der Waals surface area contributed by atoms with Gasteiger partial charge in [0.15, 0.2) is 0 Å². The maximum absolute atomic E-state index is 11.8. The first-order valence-electron chi connectivity index (χ1n) is 6.06. The van der Waals surface area contributed by atoms with Crippen LogP contribution in [0.2, 0.25) is 5.02 Å². The highest BCUT2D eigenvalue weighted by Crippen LogP contribution is 2.23. The third-order valence-corrected chi connectivity index (χ3v) is 2.89. The molecule has 0 aliphatic rings. The van der Waals surface area contributed by atoms with Gasteiger partial charge in [-0.25, -0.2) is 0 Å². The Morgan fingerprint density at radius 1 is 1.50 bits per heavy atom. The molecule has 0 aromatic heterocycles. The van der Waals surface area contributed by atoms with Crippen LogP contribution in [0.15, 0.2) is 18.2 Å². The number of carbonyl (C=O) groups excluding carboxylic acids is 1. The Morgan fingerprint density at radius 3 is 2.83 bits per heavy atom. The van der Waals surface area contributed by atoms with E-state index in [0.717, 1.165) is 19.4 Å². The molecule has 1 aromatic rings. The Hall–Kier alpha value is -1.26. The lowest BCUT2D eigenvalue weighted by Gasteiger charge is -2.16. The molecular weight excluding hydrogens is 250 g/mol. The predicted molar refractivity (Wildman–Crippen MR) is 76.9 cm³/mol. The molecule has 4 nitrogen and oxygen atoms in total. The van der Waals surface area contributed by atoms with Crippen molar-refractivity contribution in [2.45, 2.75) is 19.8 Å². The third kappa shape index (κ3) is 4.94. The Morgan fingerprint density at radius 2 is 2.22 bits per heavy atom. The number of nitrogen functional groups attached to an aromatic ring is 1. The fourth-order valence-corrected chi connectivity index (χ4v) is 1.81. The van der Waals surface area contributed by atoms with Gasteiger partial charge in [0.2, 0.25) is 5.91 Å². The highest BCUT2D eigenvalue weighted by molar-refractivity contribution is 6.34. The summed E-state index contributed by atoms with van der Waals surface area (Å²) in [6.07, 6.45) is 2.21. The van der Waals surface area contributed by atoms with Crippen molar-refractivity contribution >= 4 is 28.9 Å². The largest absolute Gasteiger partial charge is 0.399 e. The minimum atomic E-state index is -0.0692. The first kappa shape index (κ1) is 14.8. The molecule has 0 fully saturated rings. The van der Waals surface area contributed by atoms with Crippen LogP contribution < -0.4 is 11.1 Å². The Balaban J connectivity index is 2.49. The van der Waals surface area contributed by atoms with E-state index in [1.165, 1.54) is 0 Å².